The number of rotatable bonds is 24. The first kappa shape index (κ1) is 107. The molecule has 0 amide bonds. The van der Waals surface area contributed by atoms with Gasteiger partial charge in [-0.15, -0.1) is 0 Å². The lowest BCUT2D eigenvalue weighted by Crippen LogP contribution is -2.46. The van der Waals surface area contributed by atoms with Crippen LogP contribution >= 0.6 is 77.0 Å². The molecule has 738 valence electrons. The van der Waals surface area contributed by atoms with E-state index in [-0.39, 0.29) is 70.8 Å². The molecule has 5 aliphatic rings. The highest BCUT2D eigenvalue weighted by molar-refractivity contribution is 14.1. The van der Waals surface area contributed by atoms with E-state index in [1.165, 1.54) is 79.1 Å². The second-order valence-electron chi connectivity index (χ2n) is 31.0. The van der Waals surface area contributed by atoms with Gasteiger partial charge in [0.1, 0.15) is 115 Å². The van der Waals surface area contributed by atoms with Crippen molar-refractivity contribution in [1.29, 1.82) is 0 Å². The van der Waals surface area contributed by atoms with Gasteiger partial charge in [-0.3, -0.25) is 74.3 Å². The minimum absolute atomic E-state index is 0.0237. The highest BCUT2D eigenvalue weighted by Crippen LogP contribution is 2.36. The lowest BCUT2D eigenvalue weighted by Gasteiger charge is -2.22. The van der Waals surface area contributed by atoms with Gasteiger partial charge in [0.15, 0.2) is 31.1 Å². The van der Waals surface area contributed by atoms with Gasteiger partial charge in [-0.05, 0) is 119 Å². The summed E-state index contributed by atoms with van der Waals surface area (Å²) >= 11 is 9.24. The molecule has 42 nitrogen and oxygen atoms in total. The molecular weight excluding hydrogens is 2200 g/mol. The fourth-order valence-electron chi connectivity index (χ4n) is 14.7. The number of alkyl halides is 4. The first-order valence-electron chi connectivity index (χ1n) is 40.5. The van der Waals surface area contributed by atoms with Gasteiger partial charge in [-0.1, -0.05) is 72.8 Å². The molecule has 4 aromatic carbocycles. The topological polar surface area (TPSA) is 587 Å². The van der Waals surface area contributed by atoms with Gasteiger partial charge in [-0.25, -0.2) is 41.5 Å². The van der Waals surface area contributed by atoms with Crippen LogP contribution in [0.5, 0.6) is 0 Å². The summed E-state index contributed by atoms with van der Waals surface area (Å²) in [7, 11) is 1.72. The molecule has 0 spiro atoms. The van der Waals surface area contributed by atoms with Gasteiger partial charge in [-0.2, -0.15) is 22.7 Å². The van der Waals surface area contributed by atoms with Crippen molar-refractivity contribution in [2.45, 2.75) is 180 Å². The molecule has 15 rings (SSSR count). The van der Waals surface area contributed by atoms with Crippen LogP contribution in [0.4, 0.5) is 35.1 Å². The summed E-state index contributed by atoms with van der Waals surface area (Å²) in [6.45, 7) is -5.77. The summed E-state index contributed by atoms with van der Waals surface area (Å²) in [6, 6.07) is 22.3. The Morgan fingerprint density at radius 3 is 1.00 bits per heavy atom. The van der Waals surface area contributed by atoms with Gasteiger partial charge in [0.05, 0.1) is 74.4 Å². The quantitative estimate of drug-likeness (QED) is 0.0215. The Balaban J connectivity index is 0.000000163. The van der Waals surface area contributed by atoms with Gasteiger partial charge in [0.25, 0.3) is 39.6 Å². The summed E-state index contributed by atoms with van der Waals surface area (Å²) in [5.41, 5.74) is -8.35. The number of benzene rings is 4. The first-order chi connectivity index (χ1) is 64.2. The average Bonchev–Trinajstić information content (AvgIpc) is 1.44. The van der Waals surface area contributed by atoms with Crippen molar-refractivity contribution in [3.63, 3.8) is 0 Å². The van der Waals surface area contributed by atoms with Gasteiger partial charge >= 0.3 is 28.4 Å². The molecule has 15 N–H and O–H groups in total. The average molecular weight is 2290 g/mol. The molecule has 0 saturated carbocycles. The zero-order valence-corrected chi connectivity index (χ0v) is 77.6. The standard InChI is InChI=1S/2C17H17BrF2N2O6.2C17H17F2IN2O6.C14H18N4O6/c18-10-6-22(16-14(25)13(24)12(7-23)28-16)17(27)21(15(10)26)4-3-8-1-2-9(19)5-11(8)20;18-10-6-21(15-13(25)12(24)11(7-23)28-15)16(27)22(14(10)26)8-17(19,20)9-4-2-1-3-5-9;18-9-2-1-8(10(19)5-9)3-4-21-15(26)11(20)6-22(17(21)27)16-14(25)13(24)12(7-23)28-16;18-17(19,9-4-2-1-3-5-9)8-22-14(26)10(20)6-21(16(22)27)15-13(25)12(24)11(7-23)28-15;1-16-4-2-8(15-16)6-18-10(20)3-5-17(14(18)23)13-12(22)11(21)9(7-19)24-13/h1-2,5-6,12-14,16,23-25H,3-4,7H2;1-6,11-13,15,23-25H,7-8H2;1-2,5-6,12-14,16,23-25H,3-4,7H2;1-6,11-13,15,23-25H,7-8H2;2-5,9,11-13,19,21-22H,6-7H2,1H3/t12-,13+,14?,16-;11-,12+,13?,15-;12-,13+,14?,16-;11-,12+,13?,15-;9-,11+,12?,13-/m11111/s1. The molecule has 20 atom stereocenters. The second-order valence-corrected chi connectivity index (χ2v) is 35.1. The first-order valence-corrected chi connectivity index (χ1v) is 44.2. The van der Waals surface area contributed by atoms with Crippen LogP contribution in [0, 0.1) is 30.4 Å². The molecule has 54 heteroatoms. The van der Waals surface area contributed by atoms with E-state index < -0.39 is 260 Å². The van der Waals surface area contributed by atoms with Gasteiger partial charge in [0.2, 0.25) is 0 Å². The Hall–Kier alpha value is -9.45. The van der Waals surface area contributed by atoms with E-state index in [2.05, 4.69) is 37.0 Å². The number of ether oxygens (including phenoxy) is 5. The van der Waals surface area contributed by atoms with E-state index in [1.807, 2.05) is 0 Å². The maximum atomic E-state index is 14.6. The van der Waals surface area contributed by atoms with E-state index in [9.17, 15) is 155 Å². The van der Waals surface area contributed by atoms with E-state index in [0.29, 0.717) is 27.0 Å². The van der Waals surface area contributed by atoms with Crippen molar-refractivity contribution >= 4 is 77.0 Å². The maximum absolute atomic E-state index is 14.6. The van der Waals surface area contributed by atoms with E-state index >= 15 is 0 Å². The number of halogens is 12. The summed E-state index contributed by atoms with van der Waals surface area (Å²) in [6.07, 6.45) is -19.9. The predicted molar refractivity (Wildman–Crippen MR) is 474 cm³/mol. The van der Waals surface area contributed by atoms with Crippen LogP contribution in [0.2, 0.25) is 0 Å². The molecule has 5 unspecified atom stereocenters. The minimum atomic E-state index is -3.52. The lowest BCUT2D eigenvalue weighted by atomic mass is 10.1. The number of hydrogen-bond acceptors (Lipinski definition) is 31. The predicted octanol–water partition coefficient (Wildman–Crippen LogP) is -2.75. The molecule has 5 fully saturated rings. The molecule has 0 aliphatic carbocycles. The normalized spacial score (nSPS) is 25.3. The van der Waals surface area contributed by atoms with Crippen molar-refractivity contribution in [1.82, 2.24) is 55.5 Å². The number of aryl methyl sites for hydroxylation is 3. The third-order valence-corrected chi connectivity index (χ3v) is 24.7. The molecule has 11 heterocycles. The minimum Gasteiger partial charge on any atom is -0.394 e. The van der Waals surface area contributed by atoms with Crippen LogP contribution in [-0.2, 0) is 88.1 Å². The number of nitrogens with zero attached hydrogens (tertiary/aromatic N) is 12. The van der Waals surface area contributed by atoms with Gasteiger partial charge in [0, 0.05) is 86.6 Å². The highest BCUT2D eigenvalue weighted by atomic mass is 127. The Bertz CT molecular complexity index is 6240. The van der Waals surface area contributed by atoms with Crippen molar-refractivity contribution in [3.05, 3.63) is 318 Å². The molecule has 5 saturated heterocycles. The van der Waals surface area contributed by atoms with E-state index in [4.69, 9.17) is 28.8 Å². The molecule has 10 aromatic rings. The monoisotopic (exact) mass is 2280 g/mol. The fraction of sp³-hybridized carbons (Fsp3) is 0.427. The zero-order valence-electron chi connectivity index (χ0n) is 70.1. The summed E-state index contributed by atoms with van der Waals surface area (Å²) in [4.78, 5) is 125. The Kier molecular flexibility index (Phi) is 35.9. The third kappa shape index (κ3) is 23.5. The number of aliphatic hydroxyl groups is 15. The molecular formula is C82H86Br2F8I2N12O30. The van der Waals surface area contributed by atoms with Crippen LogP contribution < -0.4 is 56.2 Å². The lowest BCUT2D eigenvalue weighted by molar-refractivity contribution is -0.0579. The van der Waals surface area contributed by atoms with Crippen LogP contribution in [0.25, 0.3) is 0 Å². The second kappa shape index (κ2) is 45.7. The Morgan fingerprint density at radius 2 is 0.676 bits per heavy atom. The van der Waals surface area contributed by atoms with E-state index in [0.717, 1.165) is 67.3 Å². The molecule has 5 aliphatic heterocycles. The fourth-order valence-corrected chi connectivity index (χ4v) is 16.8. The third-order valence-electron chi connectivity index (χ3n) is 22.1. The van der Waals surface area contributed by atoms with Crippen molar-refractivity contribution < 1.29 is 135 Å². The largest absolute Gasteiger partial charge is 0.394 e. The molecule has 0 bridgehead atoms. The van der Waals surface area contributed by atoms with Crippen LogP contribution in [0.1, 0.15) is 59.1 Å². The Morgan fingerprint density at radius 1 is 0.375 bits per heavy atom. The molecule has 6 aromatic heterocycles. The summed E-state index contributed by atoms with van der Waals surface area (Å²) in [5.74, 6) is -10.1. The van der Waals surface area contributed by atoms with Crippen molar-refractivity contribution in [3.8, 4) is 0 Å². The van der Waals surface area contributed by atoms with Crippen molar-refractivity contribution in [2.75, 3.05) is 33.0 Å². The van der Waals surface area contributed by atoms with Crippen LogP contribution in [0.3, 0.4) is 0 Å². The smallest absolute Gasteiger partial charge is 0.333 e. The molecule has 0 radical (unpaired) electrons. The number of hydrogen-bond donors (Lipinski definition) is 15. The van der Waals surface area contributed by atoms with Crippen molar-refractivity contribution in [2.24, 2.45) is 7.05 Å². The number of aliphatic hydroxyl groups excluding tert-OH is 15. The maximum Gasteiger partial charge on any atom is 0.333 e. The summed E-state index contributed by atoms with van der Waals surface area (Å²) < 4.78 is 148. The van der Waals surface area contributed by atoms with E-state index in [1.54, 1.807) is 81.3 Å². The summed E-state index contributed by atoms with van der Waals surface area (Å²) in [5, 5.41) is 150. The van der Waals surface area contributed by atoms with Gasteiger partial charge < -0.3 is 100 Å². The number of aromatic nitrogens is 12. The Labute approximate surface area is 800 Å². The SMILES string of the molecule is Cn1ccc(Cn2c(=O)ccn([C@@H]3O[C@H](CO)[C@H](O)C3O)c2=O)n1.O=c1c(Br)cn([C@@H]2O[C@H](CO)[C@H](O)C2O)c(=O)n1CC(F)(F)c1ccccc1.O=c1c(Br)cn([C@@H]2O[C@H](CO)[C@H](O)C2O)c(=O)n1CCc1ccc(F)cc1F.O=c1c(I)cn([C@@H]2O[C@H](CO)[C@H](O)C2O)c(=O)n1CC(F)(F)c1ccccc1.O=c1c(I)cn([C@@H]2O[C@H](CO)[C@H](O)C2O)c(=O)n1CCc1ccc(F)cc1F. The van der Waals surface area contributed by atoms with Crippen LogP contribution in [-0.4, -0.2) is 257 Å². The highest BCUT2D eigenvalue weighted by Gasteiger charge is 2.50. The zero-order chi connectivity index (χ0) is 99.9. The molecule has 136 heavy (non-hydrogen) atoms. The van der Waals surface area contributed by atoms with Crippen LogP contribution in [0.15, 0.2) is 203 Å².